The molecule has 0 aliphatic rings. The minimum atomic E-state index is -0.472. The van der Waals surface area contributed by atoms with E-state index in [1.807, 2.05) is 0 Å². The molecule has 0 fully saturated rings. The van der Waals surface area contributed by atoms with Gasteiger partial charge in [0.2, 0.25) is 0 Å². The summed E-state index contributed by atoms with van der Waals surface area (Å²) < 4.78 is 0. The van der Waals surface area contributed by atoms with Crippen LogP contribution in [0.15, 0.2) is 0 Å². The Morgan fingerprint density at radius 2 is 0.750 bits per heavy atom. The van der Waals surface area contributed by atoms with Crippen molar-refractivity contribution in [2.24, 2.45) is 0 Å². The first-order valence-corrected chi connectivity index (χ1v) is 5.87. The Hall–Kier alpha value is 1.63. The predicted octanol–water partition coefficient (Wildman–Crippen LogP) is 2.02. The molecule has 8 heavy (non-hydrogen) atoms. The number of halogens is 2. The molecule has 1 radical (unpaired) electrons. The number of hydrogen-bond donors (Lipinski definition) is 4. The Labute approximate surface area is 76.6 Å². The second-order valence-electron chi connectivity index (χ2n) is 0.0452. The Balaban J connectivity index is -0.00000000200. The van der Waals surface area contributed by atoms with E-state index in [9.17, 15) is 0 Å². The first kappa shape index (κ1) is 54.5. The summed E-state index contributed by atoms with van der Waals surface area (Å²) in [6.45, 7) is 0. The van der Waals surface area contributed by atoms with Crippen LogP contribution in [0.5, 0.6) is 0 Å². The molecular formula is H12Cl2CuN4Pt. The molecule has 0 amide bonds. The van der Waals surface area contributed by atoms with Gasteiger partial charge in [0.25, 0.3) is 0 Å². The molecule has 0 aromatic carbocycles. The van der Waals surface area contributed by atoms with Crippen molar-refractivity contribution < 1.29 is 33.5 Å². The normalized spacial score (nSPS) is 2.75. The zero-order valence-corrected chi connectivity index (χ0v) is 8.93. The summed E-state index contributed by atoms with van der Waals surface area (Å²) >= 11 is -0.472. The Kier molecular flexibility index (Phi) is 495. The van der Waals surface area contributed by atoms with Crippen LogP contribution in [0.3, 0.4) is 0 Å². The molecule has 0 unspecified atom stereocenters. The van der Waals surface area contributed by atoms with E-state index in [-0.39, 0.29) is 41.7 Å². The second kappa shape index (κ2) is 72.7. The fourth-order valence-corrected chi connectivity index (χ4v) is 0. The Bertz CT molecular complexity index is 14.0. The van der Waals surface area contributed by atoms with Crippen molar-refractivity contribution >= 4 is 18.8 Å². The number of rotatable bonds is 0. The minimum absolute atomic E-state index is 0. The van der Waals surface area contributed by atoms with E-state index in [0.29, 0.717) is 0 Å². The SMILES string of the molecule is N.N.N.N.[Cl][Pt][Cl].[Cu]. The summed E-state index contributed by atoms with van der Waals surface area (Å²) in [4.78, 5) is 0. The minimum Gasteiger partial charge on any atom is 0 e. The van der Waals surface area contributed by atoms with E-state index < -0.39 is 16.5 Å². The molecule has 12 N–H and O–H groups in total. The second-order valence-corrected chi connectivity index (χ2v) is 3.33. The molecule has 0 aliphatic carbocycles. The third kappa shape index (κ3) is 126. The molecule has 0 spiro atoms. The van der Waals surface area contributed by atoms with Gasteiger partial charge >= 0.3 is 35.3 Å². The summed E-state index contributed by atoms with van der Waals surface area (Å²) in [5, 5.41) is 0. The monoisotopic (exact) mass is 396 g/mol. The van der Waals surface area contributed by atoms with Gasteiger partial charge in [0.05, 0.1) is 0 Å². The summed E-state index contributed by atoms with van der Waals surface area (Å²) in [7, 11) is 9.75. The largest absolute Gasteiger partial charge is 0 e. The zero-order chi connectivity index (χ0) is 2.71. The van der Waals surface area contributed by atoms with Gasteiger partial charge in [0.15, 0.2) is 0 Å². The molecule has 0 saturated heterocycles. The van der Waals surface area contributed by atoms with E-state index in [1.54, 1.807) is 0 Å². The first-order valence-electron chi connectivity index (χ1n) is 0.239. The van der Waals surface area contributed by atoms with Crippen LogP contribution in [-0.4, -0.2) is 0 Å². The smallest absolute Gasteiger partial charge is 0 e. The third-order valence-electron chi connectivity index (χ3n) is 0. The quantitative estimate of drug-likeness (QED) is 0.464. The van der Waals surface area contributed by atoms with Crippen LogP contribution in [0.25, 0.3) is 0 Å². The van der Waals surface area contributed by atoms with Gasteiger partial charge in [-0.3, -0.25) is 0 Å². The van der Waals surface area contributed by atoms with Gasteiger partial charge in [-0.2, -0.15) is 0 Å². The maximum atomic E-state index is 4.88. The molecule has 0 atom stereocenters. The van der Waals surface area contributed by atoms with Crippen LogP contribution < -0.4 is 24.6 Å². The van der Waals surface area contributed by atoms with Gasteiger partial charge in [-0.1, -0.05) is 0 Å². The van der Waals surface area contributed by atoms with Gasteiger partial charge < -0.3 is 24.6 Å². The molecule has 0 bridgehead atoms. The molecule has 0 aliphatic heterocycles. The average Bonchev–Trinajstić information content (AvgIpc) is 0.918. The summed E-state index contributed by atoms with van der Waals surface area (Å²) in [6, 6.07) is 0. The van der Waals surface area contributed by atoms with Crippen LogP contribution in [0.1, 0.15) is 0 Å². The summed E-state index contributed by atoms with van der Waals surface area (Å²) in [6.07, 6.45) is 0. The van der Waals surface area contributed by atoms with Crippen molar-refractivity contribution in [2.75, 3.05) is 0 Å². The molecular weight excluding hydrogens is 386 g/mol. The van der Waals surface area contributed by atoms with E-state index in [1.165, 1.54) is 0 Å². The summed E-state index contributed by atoms with van der Waals surface area (Å²) in [5.41, 5.74) is 0. The zero-order valence-electron chi connectivity index (χ0n) is 4.20. The van der Waals surface area contributed by atoms with Gasteiger partial charge in [-0.15, -0.1) is 0 Å². The fraction of sp³-hybridized carbons (Fsp3) is 0. The Morgan fingerprint density at radius 1 is 0.750 bits per heavy atom. The van der Waals surface area contributed by atoms with Gasteiger partial charge in [0.1, 0.15) is 0 Å². The van der Waals surface area contributed by atoms with E-state index in [2.05, 4.69) is 0 Å². The molecule has 0 aromatic rings. The number of hydrogen-bond acceptors (Lipinski definition) is 4. The fourth-order valence-electron chi connectivity index (χ4n) is 0. The maximum absolute atomic E-state index is 4.88. The van der Waals surface area contributed by atoms with E-state index in [0.717, 1.165) is 0 Å². The molecule has 4 nitrogen and oxygen atoms in total. The van der Waals surface area contributed by atoms with Gasteiger partial charge in [-0.25, -0.2) is 0 Å². The van der Waals surface area contributed by atoms with Crippen molar-refractivity contribution in [3.05, 3.63) is 0 Å². The van der Waals surface area contributed by atoms with E-state index >= 15 is 0 Å². The summed E-state index contributed by atoms with van der Waals surface area (Å²) in [5.74, 6) is 0. The van der Waals surface area contributed by atoms with Crippen molar-refractivity contribution in [1.82, 2.24) is 24.6 Å². The molecule has 0 rings (SSSR count). The maximum Gasteiger partial charge on any atom is 0 e. The van der Waals surface area contributed by atoms with E-state index in [4.69, 9.17) is 18.8 Å². The van der Waals surface area contributed by atoms with Crippen LogP contribution in [-0.2, 0) is 33.5 Å². The third-order valence-corrected chi connectivity index (χ3v) is 0. The molecule has 0 heterocycles. The van der Waals surface area contributed by atoms with Crippen LogP contribution in [0.4, 0.5) is 0 Å². The molecule has 8 heteroatoms. The van der Waals surface area contributed by atoms with Crippen LogP contribution in [0.2, 0.25) is 0 Å². The standard InChI is InChI=1S/2ClH.Cu.4H3N.Pt/h2*1H;;4*1H3;/q;;;;;;;+2/p-2. The van der Waals surface area contributed by atoms with Gasteiger partial charge in [0, 0.05) is 17.1 Å². The molecule has 0 saturated carbocycles. The van der Waals surface area contributed by atoms with Gasteiger partial charge in [-0.05, 0) is 0 Å². The molecule has 67 valence electrons. The van der Waals surface area contributed by atoms with Crippen LogP contribution in [0, 0.1) is 0 Å². The molecule has 0 aromatic heterocycles. The predicted molar refractivity (Wildman–Crippen MR) is 31.8 cm³/mol. The topological polar surface area (TPSA) is 140 Å². The van der Waals surface area contributed by atoms with Crippen molar-refractivity contribution in [3.63, 3.8) is 0 Å². The van der Waals surface area contributed by atoms with Crippen molar-refractivity contribution in [2.45, 2.75) is 0 Å². The first-order chi connectivity index (χ1) is 1.41. The average molecular weight is 398 g/mol. The van der Waals surface area contributed by atoms with Crippen molar-refractivity contribution in [3.8, 4) is 0 Å². The van der Waals surface area contributed by atoms with Crippen molar-refractivity contribution in [1.29, 1.82) is 0 Å². The van der Waals surface area contributed by atoms with Crippen LogP contribution >= 0.6 is 18.8 Å². The Morgan fingerprint density at radius 3 is 0.750 bits per heavy atom.